The van der Waals surface area contributed by atoms with Crippen LogP contribution in [0.15, 0.2) is 95.5 Å². The average molecular weight is 614 g/mol. The molecular formula is C31H20BrNO8. The third kappa shape index (κ3) is 6.07. The maximum Gasteiger partial charge on any atom is 0.338 e. The number of ether oxygens (including phenoxy) is 3. The molecule has 0 unspecified atom stereocenters. The number of hydrogen-bond acceptors (Lipinski definition) is 8. The fourth-order valence-electron chi connectivity index (χ4n) is 4.10. The van der Waals surface area contributed by atoms with E-state index >= 15 is 0 Å². The van der Waals surface area contributed by atoms with Crippen LogP contribution in [0.1, 0.15) is 48.4 Å². The molecule has 0 radical (unpaired) electrons. The molecule has 1 aliphatic rings. The lowest BCUT2D eigenvalue weighted by atomic mass is 10.1. The third-order valence-electron chi connectivity index (χ3n) is 6.02. The van der Waals surface area contributed by atoms with E-state index in [1.54, 1.807) is 18.2 Å². The Balaban J connectivity index is 1.26. The number of Topliss-reactive ketones (excluding diaryl/α,β-unsaturated/α-hetero) is 1. The molecule has 0 N–H and O–H groups in total. The van der Waals surface area contributed by atoms with Gasteiger partial charge in [-0.2, -0.15) is 0 Å². The topological polar surface area (TPSA) is 116 Å². The zero-order valence-corrected chi connectivity index (χ0v) is 23.0. The Morgan fingerprint density at radius 1 is 0.732 bits per heavy atom. The molecule has 5 rings (SSSR count). The predicted octanol–water partition coefficient (Wildman–Crippen LogP) is 6.01. The third-order valence-corrected chi connectivity index (χ3v) is 6.55. The summed E-state index contributed by atoms with van der Waals surface area (Å²) in [5.74, 6) is -1.64. The number of nitrogens with zero attached hydrogens (tertiary/aromatic N) is 1. The van der Waals surface area contributed by atoms with Crippen LogP contribution in [0.2, 0.25) is 0 Å². The maximum atomic E-state index is 13.2. The second-order valence-corrected chi connectivity index (χ2v) is 9.79. The molecule has 41 heavy (non-hydrogen) atoms. The number of hydrogen-bond donors (Lipinski definition) is 0. The summed E-state index contributed by atoms with van der Waals surface area (Å²) in [6.45, 7) is 0.725. The normalized spacial score (nSPS) is 12.1. The Morgan fingerprint density at radius 2 is 1.39 bits per heavy atom. The van der Waals surface area contributed by atoms with Gasteiger partial charge in [-0.15, -0.1) is 0 Å². The SMILES string of the molecule is CC(=O)Oc1ccc(C(=O)COC(=O)c2cccc(N3C(=O)c4ccc(Oc5ccc(Br)cc5)cc4C3=O)c2)cc1. The summed E-state index contributed by atoms with van der Waals surface area (Å²) in [6.07, 6.45) is 0. The molecule has 10 heteroatoms. The van der Waals surface area contributed by atoms with E-state index in [4.69, 9.17) is 14.2 Å². The molecular weight excluding hydrogens is 594 g/mol. The first-order valence-electron chi connectivity index (χ1n) is 12.2. The highest BCUT2D eigenvalue weighted by atomic mass is 79.9. The van der Waals surface area contributed by atoms with Crippen molar-refractivity contribution in [2.75, 3.05) is 11.5 Å². The van der Waals surface area contributed by atoms with Crippen molar-refractivity contribution in [3.63, 3.8) is 0 Å². The number of ketones is 1. The number of carbonyl (C=O) groups is 5. The summed E-state index contributed by atoms with van der Waals surface area (Å²) in [5.41, 5.74) is 0.862. The highest BCUT2D eigenvalue weighted by Gasteiger charge is 2.37. The smallest absolute Gasteiger partial charge is 0.338 e. The van der Waals surface area contributed by atoms with E-state index in [-0.39, 0.29) is 33.7 Å². The zero-order chi connectivity index (χ0) is 29.1. The molecule has 0 aromatic heterocycles. The van der Waals surface area contributed by atoms with Crippen molar-refractivity contribution in [3.05, 3.63) is 118 Å². The van der Waals surface area contributed by atoms with Gasteiger partial charge in [-0.1, -0.05) is 22.0 Å². The second-order valence-electron chi connectivity index (χ2n) is 8.88. The number of halogens is 1. The summed E-state index contributed by atoms with van der Waals surface area (Å²) in [6, 6.07) is 23.4. The van der Waals surface area contributed by atoms with Crippen LogP contribution in [-0.4, -0.2) is 36.1 Å². The van der Waals surface area contributed by atoms with Crippen molar-refractivity contribution < 1.29 is 38.2 Å². The van der Waals surface area contributed by atoms with Crippen LogP contribution in [0.4, 0.5) is 5.69 Å². The lowest BCUT2D eigenvalue weighted by Crippen LogP contribution is -2.29. The van der Waals surface area contributed by atoms with Crippen molar-refractivity contribution >= 4 is 51.2 Å². The standard InChI is InChI=1S/C31H20BrNO8/c1-18(34)40-23-9-5-19(6-10-23)28(35)17-39-31(38)20-3-2-4-22(15-20)33-29(36)26-14-13-25(16-27(26)30(33)37)41-24-11-7-21(32)8-12-24/h2-16H,17H2,1H3. The summed E-state index contributed by atoms with van der Waals surface area (Å²) >= 11 is 3.36. The van der Waals surface area contributed by atoms with Gasteiger partial charge in [0, 0.05) is 17.0 Å². The van der Waals surface area contributed by atoms with Crippen LogP contribution < -0.4 is 14.4 Å². The van der Waals surface area contributed by atoms with Crippen molar-refractivity contribution in [1.82, 2.24) is 0 Å². The highest BCUT2D eigenvalue weighted by molar-refractivity contribution is 9.10. The van der Waals surface area contributed by atoms with E-state index in [0.717, 1.165) is 9.37 Å². The molecule has 4 aromatic rings. The molecule has 2 amide bonds. The van der Waals surface area contributed by atoms with Gasteiger partial charge in [0.05, 0.1) is 22.4 Å². The molecule has 0 saturated heterocycles. The van der Waals surface area contributed by atoms with Crippen molar-refractivity contribution in [3.8, 4) is 17.2 Å². The Hall–Kier alpha value is -5.09. The molecule has 0 saturated carbocycles. The van der Waals surface area contributed by atoms with Crippen LogP contribution >= 0.6 is 15.9 Å². The summed E-state index contributed by atoms with van der Waals surface area (Å²) < 4.78 is 16.8. The second kappa shape index (κ2) is 11.6. The number of rotatable bonds is 8. The molecule has 0 bridgehead atoms. The first-order valence-corrected chi connectivity index (χ1v) is 13.0. The van der Waals surface area contributed by atoms with Gasteiger partial charge in [-0.3, -0.25) is 19.2 Å². The fourth-order valence-corrected chi connectivity index (χ4v) is 4.37. The molecule has 1 aliphatic heterocycles. The van der Waals surface area contributed by atoms with Gasteiger partial charge in [-0.25, -0.2) is 9.69 Å². The van der Waals surface area contributed by atoms with Gasteiger partial charge in [0.25, 0.3) is 11.8 Å². The number of amides is 2. The van der Waals surface area contributed by atoms with Gasteiger partial charge < -0.3 is 14.2 Å². The minimum Gasteiger partial charge on any atom is -0.457 e. The predicted molar refractivity (Wildman–Crippen MR) is 151 cm³/mol. The minimum atomic E-state index is -0.807. The molecule has 0 aliphatic carbocycles. The maximum absolute atomic E-state index is 13.2. The average Bonchev–Trinajstić information content (AvgIpc) is 3.21. The van der Waals surface area contributed by atoms with E-state index in [1.807, 2.05) is 12.1 Å². The van der Waals surface area contributed by atoms with Crippen molar-refractivity contribution in [2.45, 2.75) is 6.92 Å². The van der Waals surface area contributed by atoms with Gasteiger partial charge in [-0.05, 0) is 84.9 Å². The van der Waals surface area contributed by atoms with Gasteiger partial charge in [0.2, 0.25) is 0 Å². The van der Waals surface area contributed by atoms with Crippen molar-refractivity contribution in [1.29, 1.82) is 0 Å². The minimum absolute atomic E-state index is 0.0522. The Morgan fingerprint density at radius 3 is 2.10 bits per heavy atom. The zero-order valence-electron chi connectivity index (χ0n) is 21.5. The van der Waals surface area contributed by atoms with Crippen LogP contribution in [0, 0.1) is 0 Å². The largest absolute Gasteiger partial charge is 0.457 e. The van der Waals surface area contributed by atoms with E-state index in [2.05, 4.69) is 15.9 Å². The number of anilines is 1. The highest BCUT2D eigenvalue weighted by Crippen LogP contribution is 2.33. The van der Waals surface area contributed by atoms with Crippen molar-refractivity contribution in [2.24, 2.45) is 0 Å². The lowest BCUT2D eigenvalue weighted by molar-refractivity contribution is -0.131. The Kier molecular flexibility index (Phi) is 7.75. The molecule has 0 fully saturated rings. The number of fused-ring (bicyclic) bond motifs is 1. The number of esters is 2. The Labute approximate surface area is 242 Å². The molecule has 4 aromatic carbocycles. The number of carbonyl (C=O) groups excluding carboxylic acids is 5. The molecule has 0 atom stereocenters. The quantitative estimate of drug-likeness (QED) is 0.103. The molecule has 9 nitrogen and oxygen atoms in total. The summed E-state index contributed by atoms with van der Waals surface area (Å²) in [5, 5.41) is 0. The van der Waals surface area contributed by atoms with Gasteiger partial charge in [0.1, 0.15) is 17.2 Å². The van der Waals surface area contributed by atoms with Crippen LogP contribution in [0.25, 0.3) is 0 Å². The van der Waals surface area contributed by atoms with E-state index in [1.165, 1.54) is 67.6 Å². The lowest BCUT2D eigenvalue weighted by Gasteiger charge is -2.14. The van der Waals surface area contributed by atoms with E-state index < -0.39 is 36.1 Å². The first kappa shape index (κ1) is 27.5. The van der Waals surface area contributed by atoms with Gasteiger partial charge in [0.15, 0.2) is 12.4 Å². The monoisotopic (exact) mass is 613 g/mol. The van der Waals surface area contributed by atoms with Gasteiger partial charge >= 0.3 is 11.9 Å². The molecule has 204 valence electrons. The number of benzene rings is 4. The van der Waals surface area contributed by atoms with Crippen LogP contribution in [0.3, 0.4) is 0 Å². The van der Waals surface area contributed by atoms with E-state index in [0.29, 0.717) is 11.5 Å². The van der Waals surface area contributed by atoms with Crippen LogP contribution in [-0.2, 0) is 9.53 Å². The van der Waals surface area contributed by atoms with E-state index in [9.17, 15) is 24.0 Å². The Bertz CT molecular complexity index is 1700. The molecule has 0 spiro atoms. The fraction of sp³-hybridized carbons (Fsp3) is 0.0645. The van der Waals surface area contributed by atoms with Crippen LogP contribution in [0.5, 0.6) is 17.2 Å². The first-order chi connectivity index (χ1) is 19.7. The molecule has 1 heterocycles. The number of imide groups is 1. The summed E-state index contributed by atoms with van der Waals surface area (Å²) in [4.78, 5) is 63.5. The summed E-state index contributed by atoms with van der Waals surface area (Å²) in [7, 11) is 0.